The maximum atomic E-state index is 10.9. The van der Waals surface area contributed by atoms with E-state index in [1.807, 2.05) is 37.4 Å². The third-order valence-corrected chi connectivity index (χ3v) is 5.80. The van der Waals surface area contributed by atoms with E-state index in [-0.39, 0.29) is 12.0 Å². The maximum Gasteiger partial charge on any atom is 0.135 e. The predicted octanol–water partition coefficient (Wildman–Crippen LogP) is 2.82. The van der Waals surface area contributed by atoms with Gasteiger partial charge < -0.3 is 14.7 Å². The Morgan fingerprint density at radius 2 is 2.12 bits per heavy atom. The Morgan fingerprint density at radius 1 is 1.27 bits per heavy atom. The van der Waals surface area contributed by atoms with Gasteiger partial charge in [-0.15, -0.1) is 0 Å². The first-order valence-electron chi connectivity index (χ1n) is 9.56. The van der Waals surface area contributed by atoms with Crippen LogP contribution in [0.25, 0.3) is 0 Å². The summed E-state index contributed by atoms with van der Waals surface area (Å²) in [6.07, 6.45) is 5.48. The van der Waals surface area contributed by atoms with Crippen LogP contribution in [-0.4, -0.2) is 46.5 Å². The van der Waals surface area contributed by atoms with Crippen LogP contribution < -0.4 is 4.90 Å². The summed E-state index contributed by atoms with van der Waals surface area (Å²) in [6, 6.07) is 12.6. The molecule has 2 aliphatic rings. The largest absolute Gasteiger partial charge is 0.390 e. The zero-order valence-electron chi connectivity index (χ0n) is 15.3. The van der Waals surface area contributed by atoms with E-state index in [4.69, 9.17) is 9.72 Å². The van der Waals surface area contributed by atoms with E-state index in [1.165, 1.54) is 5.56 Å². The van der Waals surface area contributed by atoms with E-state index in [0.717, 1.165) is 37.4 Å². The zero-order chi connectivity index (χ0) is 18.0. The van der Waals surface area contributed by atoms with Gasteiger partial charge >= 0.3 is 0 Å². The van der Waals surface area contributed by atoms with Crippen LogP contribution in [0.5, 0.6) is 0 Å². The zero-order valence-corrected chi connectivity index (χ0v) is 15.3. The van der Waals surface area contributed by atoms with Gasteiger partial charge in [0.15, 0.2) is 0 Å². The van der Waals surface area contributed by atoms with Crippen molar-refractivity contribution in [2.75, 3.05) is 24.7 Å². The number of benzene rings is 1. The van der Waals surface area contributed by atoms with E-state index in [2.05, 4.69) is 22.0 Å². The fourth-order valence-corrected chi connectivity index (χ4v) is 4.29. The minimum Gasteiger partial charge on any atom is -0.390 e. The van der Waals surface area contributed by atoms with Crippen LogP contribution in [0.2, 0.25) is 0 Å². The molecule has 0 bridgehead atoms. The van der Waals surface area contributed by atoms with Crippen LogP contribution >= 0.6 is 0 Å². The SMILES string of the molecule is C[C@]1(O)CCOC[C@H]1[C@@H]1CCCN1c1ccnc(Cc2ccccc2)n1. The molecule has 5 nitrogen and oxygen atoms in total. The summed E-state index contributed by atoms with van der Waals surface area (Å²) in [4.78, 5) is 11.6. The van der Waals surface area contributed by atoms with Gasteiger partial charge in [-0.3, -0.25) is 0 Å². The Labute approximate surface area is 155 Å². The van der Waals surface area contributed by atoms with Crippen molar-refractivity contribution in [1.29, 1.82) is 0 Å². The molecule has 1 N–H and O–H groups in total. The van der Waals surface area contributed by atoms with Crippen molar-refractivity contribution in [2.45, 2.75) is 44.2 Å². The molecule has 3 atom stereocenters. The van der Waals surface area contributed by atoms with Gasteiger partial charge in [0.2, 0.25) is 0 Å². The lowest BCUT2D eigenvalue weighted by atomic mass is 9.79. The first-order valence-corrected chi connectivity index (χ1v) is 9.56. The normalized spacial score (nSPS) is 29.1. The fourth-order valence-electron chi connectivity index (χ4n) is 4.29. The minimum atomic E-state index is -0.675. The molecule has 1 aromatic carbocycles. The molecule has 0 amide bonds. The van der Waals surface area contributed by atoms with Crippen LogP contribution in [0.1, 0.15) is 37.6 Å². The second-order valence-corrected chi connectivity index (χ2v) is 7.68. The Hall–Kier alpha value is -1.98. The number of aliphatic hydroxyl groups is 1. The molecular weight excluding hydrogens is 326 g/mol. The first-order chi connectivity index (χ1) is 12.6. The molecule has 0 aliphatic carbocycles. The predicted molar refractivity (Wildman–Crippen MR) is 101 cm³/mol. The topological polar surface area (TPSA) is 58.5 Å². The van der Waals surface area contributed by atoms with Crippen molar-refractivity contribution < 1.29 is 9.84 Å². The summed E-state index contributed by atoms with van der Waals surface area (Å²) in [6.45, 7) is 4.19. The van der Waals surface area contributed by atoms with Gasteiger partial charge in [-0.25, -0.2) is 9.97 Å². The molecule has 0 unspecified atom stereocenters. The number of hydrogen-bond acceptors (Lipinski definition) is 5. The molecule has 5 heteroatoms. The van der Waals surface area contributed by atoms with Gasteiger partial charge in [-0.1, -0.05) is 30.3 Å². The highest BCUT2D eigenvalue weighted by Crippen LogP contribution is 2.37. The number of anilines is 1. The maximum absolute atomic E-state index is 10.9. The summed E-state index contributed by atoms with van der Waals surface area (Å²) in [5.74, 6) is 1.92. The third-order valence-electron chi connectivity index (χ3n) is 5.80. The number of ether oxygens (including phenoxy) is 1. The Balaban J connectivity index is 1.55. The number of hydrogen-bond donors (Lipinski definition) is 1. The summed E-state index contributed by atoms with van der Waals surface area (Å²) in [5, 5.41) is 10.9. The second-order valence-electron chi connectivity index (χ2n) is 7.68. The van der Waals surface area contributed by atoms with Crippen LogP contribution in [0.4, 0.5) is 5.82 Å². The van der Waals surface area contributed by atoms with Crippen LogP contribution in [0.15, 0.2) is 42.6 Å². The van der Waals surface area contributed by atoms with Crippen molar-refractivity contribution in [3.63, 3.8) is 0 Å². The Morgan fingerprint density at radius 3 is 2.92 bits per heavy atom. The van der Waals surface area contributed by atoms with E-state index >= 15 is 0 Å². The van der Waals surface area contributed by atoms with Crippen LogP contribution in [-0.2, 0) is 11.2 Å². The molecule has 0 spiro atoms. The van der Waals surface area contributed by atoms with Crippen molar-refractivity contribution in [3.05, 3.63) is 54.0 Å². The van der Waals surface area contributed by atoms with Gasteiger partial charge in [-0.05, 0) is 37.8 Å². The molecule has 2 fully saturated rings. The van der Waals surface area contributed by atoms with E-state index < -0.39 is 5.60 Å². The van der Waals surface area contributed by atoms with Gasteiger partial charge in [0, 0.05) is 37.7 Å². The van der Waals surface area contributed by atoms with E-state index in [0.29, 0.717) is 19.6 Å². The quantitative estimate of drug-likeness (QED) is 0.916. The average Bonchev–Trinajstić information content (AvgIpc) is 3.12. The number of aromatic nitrogens is 2. The van der Waals surface area contributed by atoms with Gasteiger partial charge in [0.25, 0.3) is 0 Å². The summed E-state index contributed by atoms with van der Waals surface area (Å²) < 4.78 is 5.70. The molecule has 3 heterocycles. The standard InChI is InChI=1S/C21H27N3O2/c1-21(25)10-13-26-15-17(21)18-8-5-12-24(18)20-9-11-22-19(23-20)14-16-6-3-2-4-7-16/h2-4,6-7,9,11,17-18,25H,5,8,10,12-15H2,1H3/t17-,18-,21-/m0/s1. The average molecular weight is 353 g/mol. The van der Waals surface area contributed by atoms with Crippen LogP contribution in [0.3, 0.4) is 0 Å². The van der Waals surface area contributed by atoms with E-state index in [1.54, 1.807) is 0 Å². The van der Waals surface area contributed by atoms with Gasteiger partial charge in [-0.2, -0.15) is 0 Å². The lowest BCUT2D eigenvalue weighted by Crippen LogP contribution is -2.52. The highest BCUT2D eigenvalue weighted by atomic mass is 16.5. The van der Waals surface area contributed by atoms with Gasteiger partial charge in [0.05, 0.1) is 12.2 Å². The smallest absolute Gasteiger partial charge is 0.135 e. The summed E-state index contributed by atoms with van der Waals surface area (Å²) in [5.41, 5.74) is 0.539. The lowest BCUT2D eigenvalue weighted by molar-refractivity contribution is -0.108. The molecule has 138 valence electrons. The number of rotatable bonds is 4. The molecule has 1 aromatic heterocycles. The van der Waals surface area contributed by atoms with Gasteiger partial charge in [0.1, 0.15) is 11.6 Å². The van der Waals surface area contributed by atoms with Crippen molar-refractivity contribution >= 4 is 5.82 Å². The Kier molecular flexibility index (Phi) is 4.92. The minimum absolute atomic E-state index is 0.117. The molecule has 0 saturated carbocycles. The molecule has 0 radical (unpaired) electrons. The fraction of sp³-hybridized carbons (Fsp3) is 0.524. The molecule has 4 rings (SSSR count). The van der Waals surface area contributed by atoms with E-state index in [9.17, 15) is 5.11 Å². The number of nitrogens with zero attached hydrogens (tertiary/aromatic N) is 3. The second kappa shape index (κ2) is 7.33. The summed E-state index contributed by atoms with van der Waals surface area (Å²) in [7, 11) is 0. The van der Waals surface area contributed by atoms with Crippen molar-refractivity contribution in [2.24, 2.45) is 5.92 Å². The molecular formula is C21H27N3O2. The Bertz CT molecular complexity index is 735. The van der Waals surface area contributed by atoms with Crippen molar-refractivity contribution in [3.8, 4) is 0 Å². The molecule has 26 heavy (non-hydrogen) atoms. The highest BCUT2D eigenvalue weighted by molar-refractivity contribution is 5.41. The lowest BCUT2D eigenvalue weighted by Gasteiger charge is -2.43. The summed E-state index contributed by atoms with van der Waals surface area (Å²) >= 11 is 0. The molecule has 2 saturated heterocycles. The molecule has 2 aliphatic heterocycles. The third kappa shape index (κ3) is 3.60. The molecule has 2 aromatic rings. The monoisotopic (exact) mass is 353 g/mol. The first kappa shape index (κ1) is 17.4. The highest BCUT2D eigenvalue weighted by Gasteiger charge is 2.44. The van der Waals surface area contributed by atoms with Crippen LogP contribution in [0, 0.1) is 5.92 Å². The van der Waals surface area contributed by atoms with Crippen molar-refractivity contribution in [1.82, 2.24) is 9.97 Å².